The highest BCUT2D eigenvalue weighted by Crippen LogP contribution is 2.40. The summed E-state index contributed by atoms with van der Waals surface area (Å²) in [4.78, 5) is 4.25. The van der Waals surface area contributed by atoms with E-state index in [9.17, 15) is 4.39 Å². The third kappa shape index (κ3) is 6.20. The number of ether oxygens (including phenoxy) is 1. The highest BCUT2D eigenvalue weighted by atomic mass is 127. The van der Waals surface area contributed by atoms with Gasteiger partial charge in [-0.05, 0) is 30.7 Å². The molecule has 0 radical (unpaired) electrons. The minimum absolute atomic E-state index is 0. The van der Waals surface area contributed by atoms with Gasteiger partial charge < -0.3 is 15.4 Å². The molecular weight excluding hydrogens is 420 g/mol. The molecule has 0 unspecified atom stereocenters. The second-order valence-corrected chi connectivity index (χ2v) is 6.32. The van der Waals surface area contributed by atoms with E-state index in [1.807, 2.05) is 6.07 Å². The Morgan fingerprint density at radius 3 is 2.58 bits per heavy atom. The highest BCUT2D eigenvalue weighted by molar-refractivity contribution is 14.0. The first-order valence-electron chi connectivity index (χ1n) is 8.36. The van der Waals surface area contributed by atoms with Crippen LogP contribution in [0.3, 0.4) is 0 Å². The van der Waals surface area contributed by atoms with Gasteiger partial charge in [0.25, 0.3) is 0 Å². The average Bonchev–Trinajstić information content (AvgIpc) is 3.04. The van der Waals surface area contributed by atoms with Gasteiger partial charge in [0.15, 0.2) is 5.96 Å². The summed E-state index contributed by atoms with van der Waals surface area (Å²) >= 11 is 0. The number of hydrogen-bond acceptors (Lipinski definition) is 2. The molecule has 2 N–H and O–H groups in total. The standard InChI is InChI=1S/C18H28FN3O.HI/c1-20-17(21-13-15-7-3-4-8-16(15)19)22-14-18(11-12-23-2)9-5-6-10-18;/h3-4,7-8H,5-6,9-14H2,1-2H3,(H2,20,21,22);1H. The van der Waals surface area contributed by atoms with Gasteiger partial charge in [0, 0.05) is 39.4 Å². The Morgan fingerprint density at radius 2 is 1.96 bits per heavy atom. The summed E-state index contributed by atoms with van der Waals surface area (Å²) in [7, 11) is 3.50. The van der Waals surface area contributed by atoms with Gasteiger partial charge in [-0.1, -0.05) is 31.0 Å². The van der Waals surface area contributed by atoms with Gasteiger partial charge in [-0.3, -0.25) is 4.99 Å². The number of nitrogens with zero attached hydrogens (tertiary/aromatic N) is 1. The second kappa shape index (κ2) is 10.9. The van der Waals surface area contributed by atoms with Crippen LogP contribution in [-0.4, -0.2) is 33.3 Å². The van der Waals surface area contributed by atoms with Gasteiger partial charge in [0.2, 0.25) is 0 Å². The fraction of sp³-hybridized carbons (Fsp3) is 0.611. The maximum atomic E-state index is 13.7. The van der Waals surface area contributed by atoms with Gasteiger partial charge in [0.1, 0.15) is 5.82 Å². The summed E-state index contributed by atoms with van der Waals surface area (Å²) in [6.45, 7) is 2.10. The quantitative estimate of drug-likeness (QED) is 0.379. The predicted molar refractivity (Wildman–Crippen MR) is 107 cm³/mol. The fourth-order valence-electron chi connectivity index (χ4n) is 3.27. The first kappa shape index (κ1) is 21.2. The van der Waals surface area contributed by atoms with Gasteiger partial charge in [-0.15, -0.1) is 24.0 Å². The van der Waals surface area contributed by atoms with Crippen molar-refractivity contribution in [3.05, 3.63) is 35.6 Å². The molecule has 0 aliphatic heterocycles. The number of halogens is 2. The van der Waals surface area contributed by atoms with Crippen LogP contribution >= 0.6 is 24.0 Å². The molecule has 1 saturated carbocycles. The Kier molecular flexibility index (Phi) is 9.58. The maximum Gasteiger partial charge on any atom is 0.191 e. The number of methoxy groups -OCH3 is 1. The lowest BCUT2D eigenvalue weighted by Gasteiger charge is -2.30. The number of rotatable bonds is 7. The van der Waals surface area contributed by atoms with Crippen LogP contribution in [0.5, 0.6) is 0 Å². The van der Waals surface area contributed by atoms with Gasteiger partial charge in [0.05, 0.1) is 0 Å². The van der Waals surface area contributed by atoms with E-state index in [0.29, 0.717) is 17.5 Å². The van der Waals surface area contributed by atoms with Crippen LogP contribution < -0.4 is 10.6 Å². The topological polar surface area (TPSA) is 45.7 Å². The molecule has 1 aromatic rings. The van der Waals surface area contributed by atoms with Crippen LogP contribution in [0.15, 0.2) is 29.3 Å². The highest BCUT2D eigenvalue weighted by Gasteiger charge is 2.33. The molecule has 0 amide bonds. The van der Waals surface area contributed by atoms with Crippen LogP contribution in [0.2, 0.25) is 0 Å². The zero-order chi connectivity index (χ0) is 16.5. The van der Waals surface area contributed by atoms with Crippen LogP contribution in [0.4, 0.5) is 4.39 Å². The normalized spacial score (nSPS) is 16.5. The molecular formula is C18H29FIN3O. The van der Waals surface area contributed by atoms with Crippen molar-refractivity contribution in [1.29, 1.82) is 0 Å². The molecule has 1 aliphatic carbocycles. The molecule has 0 bridgehead atoms. The molecule has 4 nitrogen and oxygen atoms in total. The third-order valence-electron chi connectivity index (χ3n) is 4.76. The summed E-state index contributed by atoms with van der Waals surface area (Å²) in [6, 6.07) is 6.80. The Labute approximate surface area is 161 Å². The summed E-state index contributed by atoms with van der Waals surface area (Å²) in [6.07, 6.45) is 6.10. The lowest BCUT2D eigenvalue weighted by Crippen LogP contribution is -2.43. The van der Waals surface area contributed by atoms with Gasteiger partial charge in [-0.25, -0.2) is 4.39 Å². The van der Waals surface area contributed by atoms with E-state index in [1.165, 1.54) is 31.7 Å². The summed E-state index contributed by atoms with van der Waals surface area (Å²) in [5, 5.41) is 6.60. The van der Waals surface area contributed by atoms with Crippen molar-refractivity contribution < 1.29 is 9.13 Å². The molecule has 0 aromatic heterocycles. The van der Waals surface area contributed by atoms with Crippen LogP contribution in [-0.2, 0) is 11.3 Å². The van der Waals surface area contributed by atoms with Gasteiger partial charge in [-0.2, -0.15) is 0 Å². The Morgan fingerprint density at radius 1 is 1.25 bits per heavy atom. The number of aliphatic imine (C=N–C) groups is 1. The first-order valence-corrected chi connectivity index (χ1v) is 8.36. The van der Waals surface area contributed by atoms with E-state index < -0.39 is 0 Å². The van der Waals surface area contributed by atoms with E-state index in [2.05, 4.69) is 15.6 Å². The molecule has 1 fully saturated rings. The fourth-order valence-corrected chi connectivity index (χ4v) is 3.27. The molecule has 24 heavy (non-hydrogen) atoms. The van der Waals surface area contributed by atoms with Crippen molar-refractivity contribution in [2.45, 2.75) is 38.6 Å². The van der Waals surface area contributed by atoms with E-state index in [-0.39, 0.29) is 29.8 Å². The zero-order valence-electron chi connectivity index (χ0n) is 14.6. The van der Waals surface area contributed by atoms with E-state index in [1.54, 1.807) is 26.3 Å². The Bertz CT molecular complexity index is 519. The minimum Gasteiger partial charge on any atom is -0.385 e. The third-order valence-corrected chi connectivity index (χ3v) is 4.76. The number of hydrogen-bond donors (Lipinski definition) is 2. The maximum absolute atomic E-state index is 13.7. The smallest absolute Gasteiger partial charge is 0.191 e. The molecule has 6 heteroatoms. The van der Waals surface area contributed by atoms with E-state index in [4.69, 9.17) is 4.74 Å². The summed E-state index contributed by atoms with van der Waals surface area (Å²) in [5.41, 5.74) is 0.941. The zero-order valence-corrected chi connectivity index (χ0v) is 16.9. The number of benzene rings is 1. The largest absolute Gasteiger partial charge is 0.385 e. The average molecular weight is 449 g/mol. The summed E-state index contributed by atoms with van der Waals surface area (Å²) < 4.78 is 18.9. The van der Waals surface area contributed by atoms with Gasteiger partial charge >= 0.3 is 0 Å². The summed E-state index contributed by atoms with van der Waals surface area (Å²) in [5.74, 6) is 0.528. The molecule has 136 valence electrons. The van der Waals surface area contributed by atoms with Crippen LogP contribution in [0.25, 0.3) is 0 Å². The van der Waals surface area contributed by atoms with Crippen molar-refractivity contribution in [1.82, 2.24) is 10.6 Å². The number of guanidine groups is 1. The lowest BCUT2D eigenvalue weighted by molar-refractivity contribution is 0.138. The molecule has 1 aromatic carbocycles. The first-order chi connectivity index (χ1) is 11.2. The van der Waals surface area contributed by atoms with Crippen molar-refractivity contribution in [2.24, 2.45) is 10.4 Å². The monoisotopic (exact) mass is 449 g/mol. The Balaban J connectivity index is 0.00000288. The predicted octanol–water partition coefficient (Wildman–Crippen LogP) is 3.71. The SMILES string of the molecule is CN=C(NCc1ccccc1F)NCC1(CCOC)CCCC1.I. The van der Waals surface area contributed by atoms with Crippen molar-refractivity contribution in [3.8, 4) is 0 Å². The molecule has 2 rings (SSSR count). The van der Waals surface area contributed by atoms with Crippen LogP contribution in [0, 0.1) is 11.2 Å². The minimum atomic E-state index is -0.192. The Hall–Kier alpha value is -0.890. The van der Waals surface area contributed by atoms with Crippen molar-refractivity contribution in [3.63, 3.8) is 0 Å². The molecule has 0 spiro atoms. The second-order valence-electron chi connectivity index (χ2n) is 6.32. The molecule has 0 heterocycles. The van der Waals surface area contributed by atoms with E-state index >= 15 is 0 Å². The number of nitrogens with one attached hydrogen (secondary N) is 2. The lowest BCUT2D eigenvalue weighted by atomic mass is 9.83. The molecule has 0 saturated heterocycles. The van der Waals surface area contributed by atoms with Crippen molar-refractivity contribution in [2.75, 3.05) is 27.3 Å². The van der Waals surface area contributed by atoms with E-state index in [0.717, 1.165) is 25.5 Å². The van der Waals surface area contributed by atoms with Crippen molar-refractivity contribution >= 4 is 29.9 Å². The van der Waals surface area contributed by atoms with Crippen LogP contribution in [0.1, 0.15) is 37.7 Å². The molecule has 0 atom stereocenters. The molecule has 1 aliphatic rings.